The molecule has 0 fully saturated rings. The zero-order valence-electron chi connectivity index (χ0n) is 69.7. The summed E-state index contributed by atoms with van der Waals surface area (Å²) in [6.07, 6.45) is -26.3. The molecular formula is C97H78O40. The molecule has 0 aliphatic carbocycles. The van der Waals surface area contributed by atoms with E-state index in [1.165, 1.54) is 12.1 Å². The number of aromatic hydroxyl groups is 26. The summed E-state index contributed by atoms with van der Waals surface area (Å²) in [5, 5.41) is 383. The molecule has 17 atom stereocenters. The van der Waals surface area contributed by atoms with Crippen LogP contribution in [0.4, 0.5) is 0 Å². The maximum absolute atomic E-state index is 14.8. The highest BCUT2D eigenvalue weighted by atomic mass is 16.6. The third kappa shape index (κ3) is 14.3. The number of phenols is 26. The fourth-order valence-corrected chi connectivity index (χ4v) is 19.6. The fraction of sp³-hybridized carbons (Fsp3) is 0.186. The molecule has 0 radical (unpaired) electrons. The van der Waals surface area contributed by atoms with E-state index in [1.807, 2.05) is 0 Å². The van der Waals surface area contributed by atoms with Crippen LogP contribution in [0.5, 0.6) is 190 Å². The van der Waals surface area contributed by atoms with Gasteiger partial charge in [-0.1, -0.05) is 36.4 Å². The standard InChI is InChI=1S/C97H78O40/c98-36-21-50(111)65-63(22-36)132-88(30-2-8-39(100)45(106)14-30)82(125)75(65)66-51(112)24-52(113)67-76(83(126)89(134-93(66)67)31-3-9-40(101)46(107)15-31)68-53(114)25-54(115)69-77(84(127)90(135-94(68)69)32-4-10-41(102)47(108)16-32)70-55(116)26-56(117)71-78(85(128)91(136-95(70)71)33-5-11-42(103)48(109)17-33)72-57(118)27-58(119)73-79(86(129)92(137-96(72)73)34-6-12-43(104)49(110)18-34)74-64(133-97(130)35-19-59(120)81(124)60(121)20-35)28-62-37(80(74)123)23-61(122)87(131-62)29-1-7-38(99)44(105)13-29/h1-22,24-28,61,75-79,82-92,98-129H,23H2/t61-,75?,76?,77?,78?,79?,82+,83+,84+,85+,86+,87+,88+,89+,90+,91+,92+/m0/s1. The fourth-order valence-electron chi connectivity index (χ4n) is 19.6. The molecule has 0 bridgehead atoms. The number of fused-ring (bicyclic) bond motifs is 6. The summed E-state index contributed by atoms with van der Waals surface area (Å²) in [6, 6.07) is 24.3. The average Bonchev–Trinajstić information content (AvgIpc) is 0.693. The van der Waals surface area contributed by atoms with Crippen LogP contribution in [0, 0.1) is 0 Å². The van der Waals surface area contributed by atoms with Crippen LogP contribution in [-0.4, -0.2) is 206 Å². The topological polar surface area (TPSA) is 729 Å². The first-order valence-corrected chi connectivity index (χ1v) is 41.5. The summed E-state index contributed by atoms with van der Waals surface area (Å²) < 4.78 is 45.8. The molecule has 0 aromatic heterocycles. The molecule has 40 nitrogen and oxygen atoms in total. The van der Waals surface area contributed by atoms with Crippen molar-refractivity contribution in [3.63, 3.8) is 0 Å². The van der Waals surface area contributed by atoms with Crippen molar-refractivity contribution in [1.29, 1.82) is 0 Å². The molecule has 137 heavy (non-hydrogen) atoms. The Morgan fingerprint density at radius 1 is 0.234 bits per heavy atom. The minimum Gasteiger partial charge on any atom is -0.508 e. The first-order valence-electron chi connectivity index (χ1n) is 41.5. The number of esters is 1. The highest BCUT2D eigenvalue weighted by Crippen LogP contribution is 2.69. The van der Waals surface area contributed by atoms with Gasteiger partial charge in [-0.2, -0.15) is 0 Å². The van der Waals surface area contributed by atoms with E-state index in [-0.39, 0.29) is 33.4 Å². The normalized spacial score (nSPS) is 23.3. The van der Waals surface area contributed by atoms with Crippen LogP contribution < -0.4 is 33.2 Å². The van der Waals surface area contributed by atoms with Crippen LogP contribution in [0.25, 0.3) is 0 Å². The molecule has 13 aromatic rings. The molecule has 5 unspecified atom stereocenters. The molecule has 0 spiro atoms. The van der Waals surface area contributed by atoms with E-state index in [2.05, 4.69) is 0 Å². The van der Waals surface area contributed by atoms with Gasteiger partial charge in [0, 0.05) is 110 Å². The molecule has 0 amide bonds. The molecule has 6 aliphatic heterocycles. The Morgan fingerprint density at radius 2 is 0.489 bits per heavy atom. The minimum absolute atomic E-state index is 0.00325. The van der Waals surface area contributed by atoms with Gasteiger partial charge < -0.3 is 197 Å². The molecule has 19 rings (SSSR count). The Balaban J connectivity index is 0.864. The second-order valence-corrected chi connectivity index (χ2v) is 33.9. The number of carbonyl (C=O) groups is 1. The molecular weight excluding hydrogens is 1810 g/mol. The molecule has 40 heteroatoms. The molecule has 32 N–H and O–H groups in total. The maximum atomic E-state index is 14.8. The van der Waals surface area contributed by atoms with Crippen molar-refractivity contribution < 1.29 is 201 Å². The Bertz CT molecular complexity index is 7210. The van der Waals surface area contributed by atoms with Crippen LogP contribution in [-0.2, 0) is 6.42 Å². The number of ether oxygens (including phenoxy) is 7. The number of hydrogen-bond acceptors (Lipinski definition) is 40. The lowest BCUT2D eigenvalue weighted by Crippen LogP contribution is -2.40. The highest BCUT2D eigenvalue weighted by molar-refractivity contribution is 5.93. The SMILES string of the molecule is O=C(Oc1cc2c(c(O)c1C1c3c(O)cc(O)c(C4c5c(O)cc(O)c(C6c7c(O)cc(O)c(C8c9c(O)cc(O)c(C%10c%11c(O)cc(O)cc%11O[C@H](c%11ccc(O)c(O)c%11)[C@@H]%10O)c9O[C@H](c9ccc(O)c(O)c9)[C@@H]8O)c7O[C@H](c7ccc(O)c(O)c7)[C@@H]6O)c5O[C@H](c5ccc(O)c(O)c5)[C@@H]4O)c3O[C@H](c3ccc(O)c(O)c3)[C@@H]1O)C[C@H](O)[C@@H](c1ccc(O)c(O)c1)O2)c1cc(O)c(O)c(O)c1. The van der Waals surface area contributed by atoms with Gasteiger partial charge >= 0.3 is 5.97 Å². The van der Waals surface area contributed by atoms with Crippen LogP contribution in [0.2, 0.25) is 0 Å². The van der Waals surface area contributed by atoms with E-state index in [0.717, 1.165) is 115 Å². The second kappa shape index (κ2) is 32.6. The van der Waals surface area contributed by atoms with Crippen molar-refractivity contribution in [3.05, 3.63) is 264 Å². The molecule has 13 aromatic carbocycles. The quantitative estimate of drug-likeness (QED) is 0.0290. The van der Waals surface area contributed by atoms with Crippen LogP contribution >= 0.6 is 0 Å². The van der Waals surface area contributed by atoms with Gasteiger partial charge in [0.2, 0.25) is 0 Å². The second-order valence-electron chi connectivity index (χ2n) is 33.9. The van der Waals surface area contributed by atoms with Gasteiger partial charge in [-0.3, -0.25) is 0 Å². The van der Waals surface area contributed by atoms with Crippen LogP contribution in [0.3, 0.4) is 0 Å². The number of phenolic OH excluding ortho intramolecular Hbond substituents is 26. The van der Waals surface area contributed by atoms with E-state index >= 15 is 0 Å². The summed E-state index contributed by atoms with van der Waals surface area (Å²) >= 11 is 0. The molecule has 6 aliphatic rings. The van der Waals surface area contributed by atoms with Gasteiger partial charge in [0.1, 0.15) is 140 Å². The Kier molecular flexibility index (Phi) is 21.1. The van der Waals surface area contributed by atoms with Gasteiger partial charge in [-0.05, 0) is 118 Å². The predicted molar refractivity (Wildman–Crippen MR) is 461 cm³/mol. The van der Waals surface area contributed by atoms with Gasteiger partial charge in [-0.15, -0.1) is 0 Å². The maximum Gasteiger partial charge on any atom is 0.343 e. The lowest BCUT2D eigenvalue weighted by atomic mass is 9.70. The smallest absolute Gasteiger partial charge is 0.343 e. The number of benzene rings is 13. The first-order chi connectivity index (χ1) is 65.1. The summed E-state index contributed by atoms with van der Waals surface area (Å²) in [5.74, 6) is -42.8. The predicted octanol–water partition coefficient (Wildman–Crippen LogP) is 9.42. The van der Waals surface area contributed by atoms with Crippen molar-refractivity contribution in [2.45, 2.75) is 109 Å². The van der Waals surface area contributed by atoms with Crippen LogP contribution in [0.1, 0.15) is 171 Å². The van der Waals surface area contributed by atoms with E-state index in [4.69, 9.17) is 33.2 Å². The molecule has 0 saturated carbocycles. The van der Waals surface area contributed by atoms with Crippen LogP contribution in [0.15, 0.2) is 164 Å². The van der Waals surface area contributed by atoms with Crippen molar-refractivity contribution in [1.82, 2.24) is 0 Å². The highest BCUT2D eigenvalue weighted by Gasteiger charge is 2.57. The zero-order valence-corrected chi connectivity index (χ0v) is 69.7. The number of carbonyl (C=O) groups excluding carboxylic acids is 1. The van der Waals surface area contributed by atoms with Crippen molar-refractivity contribution in [3.8, 4) is 190 Å². The van der Waals surface area contributed by atoms with Crippen molar-refractivity contribution in [2.24, 2.45) is 0 Å². The van der Waals surface area contributed by atoms with E-state index in [1.54, 1.807) is 0 Å². The lowest BCUT2D eigenvalue weighted by molar-refractivity contribution is -0.0107. The monoisotopic (exact) mass is 1880 g/mol. The van der Waals surface area contributed by atoms with Gasteiger partial charge in [0.15, 0.2) is 117 Å². The summed E-state index contributed by atoms with van der Waals surface area (Å²) in [5.41, 5.74) is -10.4. The Labute approximate surface area is 766 Å². The largest absolute Gasteiger partial charge is 0.508 e. The number of rotatable bonds is 13. The number of hydrogen-bond donors (Lipinski definition) is 32. The van der Waals surface area contributed by atoms with Gasteiger partial charge in [0.05, 0.1) is 41.3 Å². The summed E-state index contributed by atoms with van der Waals surface area (Å²) in [6.45, 7) is 0. The first kappa shape index (κ1) is 88.9. The Hall–Kier alpha value is -17.3. The number of aliphatic hydroxyl groups is 6. The lowest BCUT2D eigenvalue weighted by Gasteiger charge is -2.45. The Morgan fingerprint density at radius 3 is 0.781 bits per heavy atom. The summed E-state index contributed by atoms with van der Waals surface area (Å²) in [7, 11) is 0. The molecule has 6 heterocycles. The van der Waals surface area contributed by atoms with E-state index in [9.17, 15) is 168 Å². The third-order valence-corrected chi connectivity index (χ3v) is 25.8. The molecule has 706 valence electrons. The van der Waals surface area contributed by atoms with Crippen molar-refractivity contribution >= 4 is 5.97 Å². The molecule has 0 saturated heterocycles. The number of aliphatic hydroxyl groups excluding tert-OH is 6. The minimum atomic E-state index is -2.50. The van der Waals surface area contributed by atoms with E-state index in [0.29, 0.717) is 36.4 Å². The average molecular weight is 1880 g/mol. The van der Waals surface area contributed by atoms with Gasteiger partial charge in [0.25, 0.3) is 0 Å². The zero-order chi connectivity index (χ0) is 97.6. The third-order valence-electron chi connectivity index (χ3n) is 25.8. The van der Waals surface area contributed by atoms with E-state index < -0.39 is 372 Å². The summed E-state index contributed by atoms with van der Waals surface area (Å²) in [4.78, 5) is 14.8. The van der Waals surface area contributed by atoms with Gasteiger partial charge in [-0.25, -0.2) is 4.79 Å². The van der Waals surface area contributed by atoms with Crippen molar-refractivity contribution in [2.75, 3.05) is 0 Å².